The van der Waals surface area contributed by atoms with Crippen LogP contribution in [0.1, 0.15) is 39.8 Å². The second-order valence-corrected chi connectivity index (χ2v) is 5.60. The molecule has 0 saturated heterocycles. The molecule has 5 heteroatoms. The van der Waals surface area contributed by atoms with E-state index >= 15 is 0 Å². The van der Waals surface area contributed by atoms with Gasteiger partial charge in [-0.2, -0.15) is 10.2 Å². The van der Waals surface area contributed by atoms with Crippen molar-refractivity contribution >= 4 is 10.9 Å². The van der Waals surface area contributed by atoms with E-state index in [1.807, 2.05) is 34.6 Å². The molecule has 2 aromatic rings. The van der Waals surface area contributed by atoms with Crippen molar-refractivity contribution in [2.45, 2.75) is 53.1 Å². The summed E-state index contributed by atoms with van der Waals surface area (Å²) < 4.78 is 3.34. The number of hydrogen-bond donors (Lipinski definition) is 0. The Balaban J connectivity index is 2.83. The third kappa shape index (κ3) is 1.94. The van der Waals surface area contributed by atoms with Crippen LogP contribution in [0.15, 0.2) is 11.0 Å². The lowest BCUT2D eigenvalue weighted by Gasteiger charge is -2.20. The SMILES string of the molecule is CCCn1nc(C)c2cnn(C(C)(C)C)c2c1=O. The maximum Gasteiger partial charge on any atom is 0.292 e. The summed E-state index contributed by atoms with van der Waals surface area (Å²) >= 11 is 0. The Morgan fingerprint density at radius 1 is 1.33 bits per heavy atom. The van der Waals surface area contributed by atoms with Crippen molar-refractivity contribution in [3.63, 3.8) is 0 Å². The summed E-state index contributed by atoms with van der Waals surface area (Å²) in [5.74, 6) is 0. The topological polar surface area (TPSA) is 52.7 Å². The van der Waals surface area contributed by atoms with Gasteiger partial charge in [0.15, 0.2) is 0 Å². The van der Waals surface area contributed by atoms with Crippen LogP contribution in [0.4, 0.5) is 0 Å². The molecule has 2 rings (SSSR count). The Morgan fingerprint density at radius 2 is 2.00 bits per heavy atom. The van der Waals surface area contributed by atoms with Gasteiger partial charge in [-0.15, -0.1) is 0 Å². The molecule has 0 atom stereocenters. The molecule has 98 valence electrons. The number of hydrogen-bond acceptors (Lipinski definition) is 3. The summed E-state index contributed by atoms with van der Waals surface area (Å²) in [6, 6.07) is 0. The van der Waals surface area contributed by atoms with E-state index in [0.717, 1.165) is 17.5 Å². The van der Waals surface area contributed by atoms with Gasteiger partial charge in [-0.05, 0) is 34.1 Å². The summed E-state index contributed by atoms with van der Waals surface area (Å²) in [5, 5.41) is 9.54. The number of nitrogens with zero attached hydrogens (tertiary/aromatic N) is 4. The van der Waals surface area contributed by atoms with E-state index in [4.69, 9.17) is 0 Å². The van der Waals surface area contributed by atoms with Crippen LogP contribution in [0, 0.1) is 6.92 Å². The highest BCUT2D eigenvalue weighted by Gasteiger charge is 2.21. The number of rotatable bonds is 2. The van der Waals surface area contributed by atoms with E-state index in [2.05, 4.69) is 10.2 Å². The van der Waals surface area contributed by atoms with E-state index in [1.165, 1.54) is 0 Å². The summed E-state index contributed by atoms with van der Waals surface area (Å²) in [7, 11) is 0. The lowest BCUT2D eigenvalue weighted by atomic mass is 10.1. The first-order valence-corrected chi connectivity index (χ1v) is 6.32. The first kappa shape index (κ1) is 12.8. The van der Waals surface area contributed by atoms with Gasteiger partial charge in [-0.3, -0.25) is 9.48 Å². The fourth-order valence-electron chi connectivity index (χ4n) is 2.09. The molecule has 2 aromatic heterocycles. The van der Waals surface area contributed by atoms with Crippen molar-refractivity contribution in [3.05, 3.63) is 22.2 Å². The summed E-state index contributed by atoms with van der Waals surface area (Å²) in [6.07, 6.45) is 2.63. The Kier molecular flexibility index (Phi) is 3.00. The number of aryl methyl sites for hydroxylation is 2. The van der Waals surface area contributed by atoms with Gasteiger partial charge in [0.1, 0.15) is 5.52 Å². The second kappa shape index (κ2) is 4.23. The molecule has 0 spiro atoms. The van der Waals surface area contributed by atoms with Gasteiger partial charge in [0.2, 0.25) is 0 Å². The zero-order chi connectivity index (χ0) is 13.5. The highest BCUT2D eigenvalue weighted by atomic mass is 16.1. The van der Waals surface area contributed by atoms with Crippen molar-refractivity contribution in [1.29, 1.82) is 0 Å². The van der Waals surface area contributed by atoms with Crippen LogP contribution < -0.4 is 5.56 Å². The smallest absolute Gasteiger partial charge is 0.265 e. The Labute approximate surface area is 106 Å². The zero-order valence-electron chi connectivity index (χ0n) is 11.7. The fourth-order valence-corrected chi connectivity index (χ4v) is 2.09. The quantitative estimate of drug-likeness (QED) is 0.817. The molecule has 0 unspecified atom stereocenters. The minimum atomic E-state index is -0.210. The zero-order valence-corrected chi connectivity index (χ0v) is 11.7. The molecular formula is C13H20N4O. The maximum atomic E-state index is 12.4. The Morgan fingerprint density at radius 3 is 2.56 bits per heavy atom. The highest BCUT2D eigenvalue weighted by molar-refractivity contribution is 5.79. The lowest BCUT2D eigenvalue weighted by molar-refractivity contribution is 0.366. The number of aromatic nitrogens is 4. The molecule has 0 amide bonds. The lowest BCUT2D eigenvalue weighted by Crippen LogP contribution is -2.30. The van der Waals surface area contributed by atoms with Crippen LogP contribution in [0.5, 0.6) is 0 Å². The molecule has 0 aliphatic rings. The van der Waals surface area contributed by atoms with E-state index < -0.39 is 0 Å². The second-order valence-electron chi connectivity index (χ2n) is 5.60. The molecule has 18 heavy (non-hydrogen) atoms. The van der Waals surface area contributed by atoms with E-state index in [-0.39, 0.29) is 11.1 Å². The van der Waals surface area contributed by atoms with Gasteiger partial charge in [0, 0.05) is 11.9 Å². The molecule has 0 fully saturated rings. The van der Waals surface area contributed by atoms with Gasteiger partial charge in [-0.1, -0.05) is 6.92 Å². The van der Waals surface area contributed by atoms with E-state index in [0.29, 0.717) is 12.1 Å². The van der Waals surface area contributed by atoms with Crippen molar-refractivity contribution in [2.75, 3.05) is 0 Å². The Bertz CT molecular complexity index is 631. The molecular weight excluding hydrogens is 228 g/mol. The molecule has 0 N–H and O–H groups in total. The van der Waals surface area contributed by atoms with Crippen LogP contribution in [-0.2, 0) is 12.1 Å². The predicted octanol–water partition coefficient (Wildman–Crippen LogP) is 2.07. The Hall–Kier alpha value is -1.65. The van der Waals surface area contributed by atoms with Crippen molar-refractivity contribution < 1.29 is 0 Å². The highest BCUT2D eigenvalue weighted by Crippen LogP contribution is 2.20. The summed E-state index contributed by atoms with van der Waals surface area (Å²) in [6.45, 7) is 10.7. The van der Waals surface area contributed by atoms with Gasteiger partial charge < -0.3 is 0 Å². The van der Waals surface area contributed by atoms with Crippen LogP contribution in [-0.4, -0.2) is 19.6 Å². The van der Waals surface area contributed by atoms with E-state index in [1.54, 1.807) is 15.6 Å². The van der Waals surface area contributed by atoms with Gasteiger partial charge in [0.05, 0.1) is 17.4 Å². The third-order valence-corrected chi connectivity index (χ3v) is 2.94. The predicted molar refractivity (Wildman–Crippen MR) is 71.8 cm³/mol. The summed E-state index contributed by atoms with van der Waals surface area (Å²) in [4.78, 5) is 12.4. The van der Waals surface area contributed by atoms with Crippen LogP contribution in [0.2, 0.25) is 0 Å². The molecule has 5 nitrogen and oxygen atoms in total. The first-order chi connectivity index (χ1) is 8.36. The van der Waals surface area contributed by atoms with E-state index in [9.17, 15) is 4.79 Å². The van der Waals surface area contributed by atoms with Gasteiger partial charge in [0.25, 0.3) is 5.56 Å². The summed E-state index contributed by atoms with van der Waals surface area (Å²) in [5.41, 5.74) is 1.25. The van der Waals surface area contributed by atoms with Crippen LogP contribution >= 0.6 is 0 Å². The third-order valence-electron chi connectivity index (χ3n) is 2.94. The molecule has 2 heterocycles. The average molecular weight is 248 g/mol. The van der Waals surface area contributed by atoms with Gasteiger partial charge in [-0.25, -0.2) is 4.68 Å². The first-order valence-electron chi connectivity index (χ1n) is 6.32. The molecule has 0 aliphatic heterocycles. The van der Waals surface area contributed by atoms with Crippen molar-refractivity contribution in [3.8, 4) is 0 Å². The minimum absolute atomic E-state index is 0.0510. The van der Waals surface area contributed by atoms with Gasteiger partial charge >= 0.3 is 0 Å². The standard InChI is InChI=1S/C13H20N4O/c1-6-7-16-12(18)11-10(9(2)15-16)8-14-17(11)13(3,4)5/h8H,6-7H2,1-5H3. The average Bonchev–Trinajstić information content (AvgIpc) is 2.70. The molecule has 0 aromatic carbocycles. The van der Waals surface area contributed by atoms with Crippen molar-refractivity contribution in [1.82, 2.24) is 19.6 Å². The van der Waals surface area contributed by atoms with Crippen molar-refractivity contribution in [2.24, 2.45) is 0 Å². The molecule has 0 bridgehead atoms. The maximum absolute atomic E-state index is 12.4. The normalized spacial score (nSPS) is 12.3. The van der Waals surface area contributed by atoms with Crippen LogP contribution in [0.3, 0.4) is 0 Å². The fraction of sp³-hybridized carbons (Fsp3) is 0.615. The molecule has 0 saturated carbocycles. The molecule has 0 radical (unpaired) electrons. The number of fused-ring (bicyclic) bond motifs is 1. The molecule has 0 aliphatic carbocycles. The largest absolute Gasteiger partial charge is 0.292 e. The minimum Gasteiger partial charge on any atom is -0.265 e. The van der Waals surface area contributed by atoms with Crippen LogP contribution in [0.25, 0.3) is 10.9 Å². The monoisotopic (exact) mass is 248 g/mol.